The first-order valence-electron chi connectivity index (χ1n) is 6.03. The van der Waals surface area contributed by atoms with Crippen molar-refractivity contribution < 1.29 is 0 Å². The summed E-state index contributed by atoms with van der Waals surface area (Å²) in [6.45, 7) is 4.92. The molecule has 0 radical (unpaired) electrons. The van der Waals surface area contributed by atoms with E-state index in [4.69, 9.17) is 5.73 Å². The third kappa shape index (κ3) is 3.19. The maximum absolute atomic E-state index is 5.74. The molecule has 0 saturated carbocycles. The summed E-state index contributed by atoms with van der Waals surface area (Å²) in [6, 6.07) is 1.99. The second-order valence-electron chi connectivity index (χ2n) is 4.25. The number of aromatic nitrogens is 4. The highest BCUT2D eigenvalue weighted by Crippen LogP contribution is 2.10. The number of hydrogen-bond acceptors (Lipinski definition) is 5. The smallest absolute Gasteiger partial charge is 0.132 e. The van der Waals surface area contributed by atoms with Crippen LogP contribution in [0.15, 0.2) is 24.8 Å². The minimum Gasteiger partial charge on any atom is -0.384 e. The van der Waals surface area contributed by atoms with Gasteiger partial charge in [0, 0.05) is 37.5 Å². The van der Waals surface area contributed by atoms with E-state index < -0.39 is 0 Å². The average Bonchev–Trinajstić information content (AvgIpc) is 2.80. The van der Waals surface area contributed by atoms with Crippen molar-refractivity contribution in [3.05, 3.63) is 30.6 Å². The van der Waals surface area contributed by atoms with Gasteiger partial charge in [-0.05, 0) is 6.92 Å². The van der Waals surface area contributed by atoms with E-state index in [1.807, 2.05) is 17.7 Å². The number of imidazole rings is 1. The molecule has 2 aromatic rings. The Morgan fingerprint density at radius 3 is 2.94 bits per heavy atom. The Morgan fingerprint density at radius 1 is 1.44 bits per heavy atom. The Hall–Kier alpha value is -2.11. The second-order valence-corrected chi connectivity index (χ2v) is 4.25. The minimum atomic E-state index is 0.234. The second kappa shape index (κ2) is 5.48. The predicted molar refractivity (Wildman–Crippen MR) is 71.1 cm³/mol. The van der Waals surface area contributed by atoms with Crippen LogP contribution in [0.25, 0.3) is 0 Å². The number of hydrogen-bond donors (Lipinski definition) is 2. The molecule has 0 aliphatic carbocycles. The molecular weight excluding hydrogens is 228 g/mol. The molecule has 2 rings (SSSR count). The number of rotatable bonds is 5. The molecule has 0 aromatic carbocycles. The molecule has 0 aliphatic rings. The van der Waals surface area contributed by atoms with Gasteiger partial charge in [-0.2, -0.15) is 0 Å². The number of nitrogens with zero attached hydrogens (tertiary/aromatic N) is 4. The standard InChI is InChI=1S/C12H18N6/c1-3-11-16-10(13)6-12(17-11)15-9(2)7-18-5-4-14-8-18/h4-6,8-9H,3,7H2,1-2H3,(H3,13,15,16,17). The summed E-state index contributed by atoms with van der Waals surface area (Å²) in [4.78, 5) is 12.6. The largest absolute Gasteiger partial charge is 0.384 e. The summed E-state index contributed by atoms with van der Waals surface area (Å²) in [6.07, 6.45) is 6.27. The van der Waals surface area contributed by atoms with E-state index in [0.29, 0.717) is 5.82 Å². The zero-order valence-corrected chi connectivity index (χ0v) is 10.7. The molecule has 0 fully saturated rings. The van der Waals surface area contributed by atoms with Gasteiger partial charge in [-0.25, -0.2) is 15.0 Å². The third-order valence-corrected chi connectivity index (χ3v) is 2.55. The summed E-state index contributed by atoms with van der Waals surface area (Å²) in [7, 11) is 0. The molecule has 1 atom stereocenters. The van der Waals surface area contributed by atoms with E-state index in [2.05, 4.69) is 27.2 Å². The normalized spacial score (nSPS) is 12.3. The fourth-order valence-corrected chi connectivity index (χ4v) is 1.76. The molecule has 0 aliphatic heterocycles. The zero-order valence-electron chi connectivity index (χ0n) is 10.7. The Balaban J connectivity index is 2.02. The van der Waals surface area contributed by atoms with E-state index in [1.54, 1.807) is 18.6 Å². The van der Waals surface area contributed by atoms with Crippen molar-refractivity contribution in [3.8, 4) is 0 Å². The highest BCUT2D eigenvalue weighted by Gasteiger charge is 2.06. The summed E-state index contributed by atoms with van der Waals surface area (Å²) in [5.74, 6) is 2.03. The molecule has 6 heteroatoms. The predicted octanol–water partition coefficient (Wildman–Crippen LogP) is 1.32. The van der Waals surface area contributed by atoms with Gasteiger partial charge < -0.3 is 15.6 Å². The first-order chi connectivity index (χ1) is 8.67. The van der Waals surface area contributed by atoms with Gasteiger partial charge >= 0.3 is 0 Å². The van der Waals surface area contributed by atoms with Gasteiger partial charge in [-0.3, -0.25) is 0 Å². The Morgan fingerprint density at radius 2 is 2.28 bits per heavy atom. The van der Waals surface area contributed by atoms with Crippen LogP contribution in [0.1, 0.15) is 19.7 Å². The Bertz CT molecular complexity index is 493. The molecule has 0 saturated heterocycles. The lowest BCUT2D eigenvalue weighted by Gasteiger charge is -2.15. The van der Waals surface area contributed by atoms with Gasteiger partial charge in [-0.15, -0.1) is 0 Å². The number of nitrogen functional groups attached to an aromatic ring is 1. The van der Waals surface area contributed by atoms with Gasteiger partial charge in [-0.1, -0.05) is 6.92 Å². The monoisotopic (exact) mass is 246 g/mol. The number of nitrogens with two attached hydrogens (primary N) is 1. The Kier molecular flexibility index (Phi) is 3.76. The van der Waals surface area contributed by atoms with Crippen LogP contribution < -0.4 is 11.1 Å². The summed E-state index contributed by atoms with van der Waals surface area (Å²) >= 11 is 0. The first-order valence-corrected chi connectivity index (χ1v) is 6.03. The molecule has 2 heterocycles. The van der Waals surface area contributed by atoms with Crippen LogP contribution in [0.5, 0.6) is 0 Å². The summed E-state index contributed by atoms with van der Waals surface area (Å²) < 4.78 is 2.02. The molecule has 0 amide bonds. The van der Waals surface area contributed by atoms with Crippen molar-refractivity contribution >= 4 is 11.6 Å². The van der Waals surface area contributed by atoms with E-state index >= 15 is 0 Å². The minimum absolute atomic E-state index is 0.234. The van der Waals surface area contributed by atoms with E-state index in [0.717, 1.165) is 24.6 Å². The molecule has 0 spiro atoms. The van der Waals surface area contributed by atoms with Crippen LogP contribution in [0.2, 0.25) is 0 Å². The zero-order chi connectivity index (χ0) is 13.0. The van der Waals surface area contributed by atoms with E-state index in [9.17, 15) is 0 Å². The topological polar surface area (TPSA) is 81.6 Å². The number of nitrogens with one attached hydrogen (secondary N) is 1. The lowest BCUT2D eigenvalue weighted by atomic mass is 10.3. The average molecular weight is 246 g/mol. The van der Waals surface area contributed by atoms with Gasteiger partial charge in [0.05, 0.1) is 6.33 Å². The van der Waals surface area contributed by atoms with Crippen molar-refractivity contribution in [2.75, 3.05) is 11.1 Å². The molecule has 18 heavy (non-hydrogen) atoms. The van der Waals surface area contributed by atoms with E-state index in [-0.39, 0.29) is 6.04 Å². The van der Waals surface area contributed by atoms with Crippen LogP contribution in [-0.2, 0) is 13.0 Å². The molecule has 6 nitrogen and oxygen atoms in total. The van der Waals surface area contributed by atoms with E-state index in [1.165, 1.54) is 0 Å². The molecule has 2 aromatic heterocycles. The molecule has 3 N–H and O–H groups in total. The van der Waals surface area contributed by atoms with Gasteiger partial charge in [0.2, 0.25) is 0 Å². The van der Waals surface area contributed by atoms with Crippen LogP contribution >= 0.6 is 0 Å². The van der Waals surface area contributed by atoms with Crippen LogP contribution in [0.3, 0.4) is 0 Å². The van der Waals surface area contributed by atoms with Crippen LogP contribution in [0.4, 0.5) is 11.6 Å². The lowest BCUT2D eigenvalue weighted by molar-refractivity contribution is 0.616. The van der Waals surface area contributed by atoms with Crippen LogP contribution in [0, 0.1) is 0 Å². The number of anilines is 2. The number of aryl methyl sites for hydroxylation is 1. The first kappa shape index (κ1) is 12.3. The third-order valence-electron chi connectivity index (χ3n) is 2.55. The lowest BCUT2D eigenvalue weighted by Crippen LogP contribution is -2.22. The highest BCUT2D eigenvalue weighted by molar-refractivity contribution is 5.45. The fourth-order valence-electron chi connectivity index (χ4n) is 1.76. The van der Waals surface area contributed by atoms with Gasteiger partial charge in [0.1, 0.15) is 17.5 Å². The summed E-state index contributed by atoms with van der Waals surface area (Å²) in [5, 5.41) is 3.32. The van der Waals surface area contributed by atoms with Gasteiger partial charge in [0.15, 0.2) is 0 Å². The quantitative estimate of drug-likeness (QED) is 0.831. The van der Waals surface area contributed by atoms with Gasteiger partial charge in [0.25, 0.3) is 0 Å². The maximum Gasteiger partial charge on any atom is 0.132 e. The fraction of sp³-hybridized carbons (Fsp3) is 0.417. The summed E-state index contributed by atoms with van der Waals surface area (Å²) in [5.41, 5.74) is 5.74. The highest BCUT2D eigenvalue weighted by atomic mass is 15.1. The van der Waals surface area contributed by atoms with Crippen molar-refractivity contribution in [1.82, 2.24) is 19.5 Å². The van der Waals surface area contributed by atoms with Crippen molar-refractivity contribution in [2.24, 2.45) is 0 Å². The molecule has 0 bridgehead atoms. The maximum atomic E-state index is 5.74. The van der Waals surface area contributed by atoms with Crippen molar-refractivity contribution in [1.29, 1.82) is 0 Å². The Labute approximate surface area is 106 Å². The molecule has 96 valence electrons. The van der Waals surface area contributed by atoms with Crippen LogP contribution in [-0.4, -0.2) is 25.6 Å². The van der Waals surface area contributed by atoms with Crippen molar-refractivity contribution in [2.45, 2.75) is 32.9 Å². The molecule has 1 unspecified atom stereocenters. The van der Waals surface area contributed by atoms with Crippen molar-refractivity contribution in [3.63, 3.8) is 0 Å². The molecular formula is C12H18N6. The SMILES string of the molecule is CCc1nc(N)cc(NC(C)Cn2ccnc2)n1.